The second-order valence-electron chi connectivity index (χ2n) is 8.76. The highest BCUT2D eigenvalue weighted by Crippen LogP contribution is 2.35. The first kappa shape index (κ1) is 30.3. The Morgan fingerprint density at radius 2 is 1.77 bits per heavy atom. The molecule has 12 heteroatoms. The minimum Gasteiger partial charge on any atom is -0.497 e. The van der Waals surface area contributed by atoms with Crippen LogP contribution in [0.25, 0.3) is 6.08 Å². The number of carbonyl (C=O) groups is 4. The molecule has 0 aromatic heterocycles. The number of ether oxygens (including phenoxy) is 1. The maximum absolute atomic E-state index is 12.8. The van der Waals surface area contributed by atoms with E-state index >= 15 is 0 Å². The van der Waals surface area contributed by atoms with Crippen LogP contribution in [0.5, 0.6) is 5.75 Å². The highest BCUT2D eigenvalue weighted by Gasteiger charge is 2.30. The molecule has 0 radical (unpaired) electrons. The molecule has 3 rings (SSSR count). The number of likely N-dealkylation sites (tertiary alicyclic amines) is 1. The Balaban J connectivity index is 1.49. The lowest BCUT2D eigenvalue weighted by Gasteiger charge is -2.31. The molecule has 0 bridgehead atoms. The van der Waals surface area contributed by atoms with E-state index in [0.717, 1.165) is 4.90 Å². The Kier molecular flexibility index (Phi) is 11.1. The highest BCUT2D eigenvalue weighted by molar-refractivity contribution is 7.98. The van der Waals surface area contributed by atoms with Gasteiger partial charge < -0.3 is 25.4 Å². The molecule has 3 N–H and O–H groups in total. The lowest BCUT2D eigenvalue weighted by Crippen LogP contribution is -2.51. The molecule has 9 nitrogen and oxygen atoms in total. The van der Waals surface area contributed by atoms with Crippen molar-refractivity contribution in [2.24, 2.45) is 5.92 Å². The van der Waals surface area contributed by atoms with Crippen molar-refractivity contribution in [2.75, 3.05) is 33.0 Å². The third-order valence-corrected chi connectivity index (χ3v) is 8.10. The van der Waals surface area contributed by atoms with Crippen LogP contribution in [0.4, 0.5) is 0 Å². The molecule has 1 saturated heterocycles. The number of methoxy groups -OCH3 is 1. The van der Waals surface area contributed by atoms with Gasteiger partial charge in [0.1, 0.15) is 11.8 Å². The van der Waals surface area contributed by atoms with Crippen LogP contribution in [0.3, 0.4) is 0 Å². The molecule has 1 aliphatic rings. The molecular weight excluding hydrogens is 565 g/mol. The minimum absolute atomic E-state index is 0.223. The van der Waals surface area contributed by atoms with Gasteiger partial charge in [-0.1, -0.05) is 29.3 Å². The zero-order chi connectivity index (χ0) is 28.5. The van der Waals surface area contributed by atoms with E-state index in [1.807, 2.05) is 12.3 Å². The maximum atomic E-state index is 12.8. The van der Waals surface area contributed by atoms with Crippen LogP contribution in [-0.2, 0) is 14.4 Å². The largest absolute Gasteiger partial charge is 0.497 e. The normalized spacial score (nSPS) is 14.6. The van der Waals surface area contributed by atoms with Gasteiger partial charge in [0.15, 0.2) is 0 Å². The summed E-state index contributed by atoms with van der Waals surface area (Å²) >= 11 is 14.0. The molecule has 2 aromatic rings. The maximum Gasteiger partial charge on any atom is 0.328 e. The molecule has 0 spiro atoms. The van der Waals surface area contributed by atoms with Gasteiger partial charge in [-0.2, -0.15) is 0 Å². The number of nitrogens with one attached hydrogen (secondary N) is 2. The summed E-state index contributed by atoms with van der Waals surface area (Å²) in [6, 6.07) is 8.67. The Bertz CT molecular complexity index is 1250. The van der Waals surface area contributed by atoms with Crippen molar-refractivity contribution in [1.82, 2.24) is 15.5 Å². The Labute approximate surface area is 240 Å². The zero-order valence-electron chi connectivity index (χ0n) is 21.4. The summed E-state index contributed by atoms with van der Waals surface area (Å²) in [7, 11) is 1.51. The van der Waals surface area contributed by atoms with Crippen molar-refractivity contribution in [1.29, 1.82) is 0 Å². The number of carboxylic acid groups (broad SMARTS) is 1. The Hall–Kier alpha value is -3.21. The molecule has 3 amide bonds. The number of rotatable bonds is 10. The molecule has 208 valence electrons. The van der Waals surface area contributed by atoms with E-state index in [4.69, 9.17) is 27.9 Å². The molecule has 1 heterocycles. The van der Waals surface area contributed by atoms with Crippen LogP contribution >= 0.6 is 35.0 Å². The fraction of sp³-hybridized carbons (Fsp3) is 0.333. The fourth-order valence-corrected chi connectivity index (χ4v) is 5.16. The van der Waals surface area contributed by atoms with Crippen molar-refractivity contribution in [3.63, 3.8) is 0 Å². The van der Waals surface area contributed by atoms with Gasteiger partial charge in [0.25, 0.3) is 5.91 Å². The lowest BCUT2D eigenvalue weighted by atomic mass is 9.95. The van der Waals surface area contributed by atoms with Crippen LogP contribution < -0.4 is 15.4 Å². The quantitative estimate of drug-likeness (QED) is 0.281. The Morgan fingerprint density at radius 1 is 1.10 bits per heavy atom. The smallest absolute Gasteiger partial charge is 0.328 e. The number of hydrogen-bond donors (Lipinski definition) is 3. The van der Waals surface area contributed by atoms with Crippen molar-refractivity contribution in [2.45, 2.75) is 23.8 Å². The number of carboxylic acids is 1. The number of thioether (sulfide) groups is 1. The van der Waals surface area contributed by atoms with Crippen molar-refractivity contribution in [3.05, 3.63) is 63.6 Å². The molecular formula is C27H29Cl2N3O6S. The van der Waals surface area contributed by atoms with E-state index < -0.39 is 29.7 Å². The second-order valence-corrected chi connectivity index (χ2v) is 10.4. The topological polar surface area (TPSA) is 125 Å². The van der Waals surface area contributed by atoms with Crippen molar-refractivity contribution >= 4 is 64.7 Å². The van der Waals surface area contributed by atoms with Gasteiger partial charge in [-0.25, -0.2) is 4.79 Å². The second kappa shape index (κ2) is 14.3. The first-order chi connectivity index (χ1) is 18.6. The number of amides is 3. The number of hydrogen-bond acceptors (Lipinski definition) is 6. The van der Waals surface area contributed by atoms with Crippen LogP contribution in [0.15, 0.2) is 47.4 Å². The van der Waals surface area contributed by atoms with Crippen molar-refractivity contribution in [3.8, 4) is 5.75 Å². The van der Waals surface area contributed by atoms with E-state index in [1.165, 1.54) is 24.9 Å². The molecule has 0 saturated carbocycles. The van der Waals surface area contributed by atoms with Gasteiger partial charge in [0.2, 0.25) is 11.8 Å². The first-order valence-corrected chi connectivity index (χ1v) is 14.1. The molecule has 0 unspecified atom stereocenters. The average molecular weight is 595 g/mol. The molecule has 1 fully saturated rings. The number of benzene rings is 2. The third-order valence-electron chi connectivity index (χ3n) is 6.31. The number of halogens is 2. The van der Waals surface area contributed by atoms with Gasteiger partial charge >= 0.3 is 5.97 Å². The van der Waals surface area contributed by atoms with Gasteiger partial charge in [0, 0.05) is 42.1 Å². The molecule has 0 aliphatic carbocycles. The monoisotopic (exact) mass is 593 g/mol. The standard InChI is InChI=1S/C27H29Cl2N3O6S/c1-38-19-7-3-17(4-8-19)25(34)30-15-20(27(36)37)31-26(35)18-11-13-32(14-12-18)22(33)10-6-16-5-9-21(39-2)24(29)23(16)28/h3-10,18,20H,11-15H2,1-2H3,(H,30,34)(H,31,35)(H,36,37)/b10-6+/t20-/m0/s1. The van der Waals surface area contributed by atoms with E-state index in [2.05, 4.69) is 10.6 Å². The summed E-state index contributed by atoms with van der Waals surface area (Å²) in [5, 5.41) is 15.4. The third kappa shape index (κ3) is 8.14. The van der Waals surface area contributed by atoms with E-state index in [-0.39, 0.29) is 12.5 Å². The van der Waals surface area contributed by atoms with Gasteiger partial charge in [-0.15, -0.1) is 11.8 Å². The van der Waals surface area contributed by atoms with E-state index in [9.17, 15) is 24.3 Å². The lowest BCUT2D eigenvalue weighted by molar-refractivity contribution is -0.142. The van der Waals surface area contributed by atoms with Gasteiger partial charge in [-0.05, 0) is 61.1 Å². The Morgan fingerprint density at radius 3 is 2.36 bits per heavy atom. The van der Waals surface area contributed by atoms with Crippen LogP contribution in [-0.4, -0.2) is 72.7 Å². The fourth-order valence-electron chi connectivity index (χ4n) is 3.99. The minimum atomic E-state index is -1.30. The SMILES string of the molecule is COc1ccc(C(=O)NC[C@H](NC(=O)C2CCN(C(=O)/C=C/c3ccc(SC)c(Cl)c3Cl)CC2)C(=O)O)cc1. The van der Waals surface area contributed by atoms with Gasteiger partial charge in [-0.3, -0.25) is 14.4 Å². The average Bonchev–Trinajstić information content (AvgIpc) is 2.95. The first-order valence-electron chi connectivity index (χ1n) is 12.1. The number of aliphatic carboxylic acids is 1. The van der Waals surface area contributed by atoms with Crippen LogP contribution in [0, 0.1) is 5.92 Å². The summed E-state index contributed by atoms with van der Waals surface area (Å²) in [5.74, 6) is -2.26. The number of piperidine rings is 1. The highest BCUT2D eigenvalue weighted by atomic mass is 35.5. The molecule has 1 aliphatic heterocycles. The summed E-state index contributed by atoms with van der Waals surface area (Å²) in [5.41, 5.74) is 0.959. The molecule has 39 heavy (non-hydrogen) atoms. The molecule has 1 atom stereocenters. The summed E-state index contributed by atoms with van der Waals surface area (Å²) in [6.45, 7) is 0.402. The molecule has 2 aromatic carbocycles. The number of carbonyl (C=O) groups excluding carboxylic acids is 3. The summed E-state index contributed by atoms with van der Waals surface area (Å²) in [6.07, 6.45) is 5.68. The van der Waals surface area contributed by atoms with Crippen LogP contribution in [0.1, 0.15) is 28.8 Å². The van der Waals surface area contributed by atoms with Gasteiger partial charge in [0.05, 0.1) is 17.2 Å². The zero-order valence-corrected chi connectivity index (χ0v) is 23.7. The van der Waals surface area contributed by atoms with E-state index in [1.54, 1.807) is 41.3 Å². The number of nitrogens with zero attached hydrogens (tertiary/aromatic N) is 1. The predicted octanol–water partition coefficient (Wildman–Crippen LogP) is 3.98. The summed E-state index contributed by atoms with van der Waals surface area (Å²) < 4.78 is 5.05. The van der Waals surface area contributed by atoms with Crippen LogP contribution in [0.2, 0.25) is 10.0 Å². The summed E-state index contributed by atoms with van der Waals surface area (Å²) in [4.78, 5) is 51.9. The van der Waals surface area contributed by atoms with E-state index in [0.29, 0.717) is 52.9 Å². The predicted molar refractivity (Wildman–Crippen MR) is 151 cm³/mol. The van der Waals surface area contributed by atoms with Crippen molar-refractivity contribution < 1.29 is 29.0 Å².